The van der Waals surface area contributed by atoms with Crippen LogP contribution in [-0.2, 0) is 11.2 Å². The normalized spacial score (nSPS) is 21.8. The molecule has 0 aliphatic carbocycles. The first-order valence-electron chi connectivity index (χ1n) is 13.9. The molecule has 3 aliphatic heterocycles. The molecule has 0 bridgehead atoms. The van der Waals surface area contributed by atoms with Crippen molar-refractivity contribution in [1.29, 1.82) is 0 Å². The molecule has 1 aromatic carbocycles. The molecule has 3 aliphatic rings. The average Bonchev–Trinajstić information content (AvgIpc) is 2.90. The summed E-state index contributed by atoms with van der Waals surface area (Å²) in [6.45, 7) is 7.58. The largest absolute Gasteiger partial charge is 0.385 e. The van der Waals surface area contributed by atoms with Crippen molar-refractivity contribution in [3.63, 3.8) is 0 Å². The molecular formula is C28H44F2N7O+. The molecule has 2 atom stereocenters. The number of nitrogens with two attached hydrogens (primary N) is 2. The lowest BCUT2D eigenvalue weighted by atomic mass is 9.85. The number of amides is 1. The van der Waals surface area contributed by atoms with E-state index < -0.39 is 6.43 Å². The van der Waals surface area contributed by atoms with Gasteiger partial charge in [0.1, 0.15) is 5.69 Å². The Hall–Kier alpha value is -2.56. The van der Waals surface area contributed by atoms with Gasteiger partial charge in [0.25, 0.3) is 12.3 Å². The summed E-state index contributed by atoms with van der Waals surface area (Å²) in [5, 5.41) is 10.2. The van der Waals surface area contributed by atoms with E-state index in [9.17, 15) is 13.6 Å². The van der Waals surface area contributed by atoms with Crippen LogP contribution in [0.25, 0.3) is 0 Å². The predicted octanol–water partition coefficient (Wildman–Crippen LogP) is 2.07. The number of carbonyl (C=O) groups excluding carboxylic acids is 1. The highest BCUT2D eigenvalue weighted by Gasteiger charge is 2.33. The van der Waals surface area contributed by atoms with Crippen molar-refractivity contribution >= 4 is 17.4 Å². The van der Waals surface area contributed by atoms with Crippen LogP contribution >= 0.6 is 0 Å². The van der Waals surface area contributed by atoms with Crippen molar-refractivity contribution in [2.24, 2.45) is 11.5 Å². The fraction of sp³-hybridized carbons (Fsp3) is 0.643. The Morgan fingerprint density at radius 2 is 1.97 bits per heavy atom. The lowest BCUT2D eigenvalue weighted by Gasteiger charge is -2.33. The number of halogens is 2. The van der Waals surface area contributed by atoms with E-state index in [0.717, 1.165) is 61.3 Å². The smallest absolute Gasteiger partial charge is 0.279 e. The first kappa shape index (κ1) is 28.4. The molecule has 1 amide bonds. The maximum Gasteiger partial charge on any atom is 0.279 e. The van der Waals surface area contributed by atoms with Crippen LogP contribution in [0.3, 0.4) is 0 Å². The van der Waals surface area contributed by atoms with Gasteiger partial charge in [-0.15, -0.1) is 0 Å². The molecule has 4 rings (SSSR count). The Labute approximate surface area is 224 Å². The first-order chi connectivity index (χ1) is 18.2. The Balaban J connectivity index is 1.80. The lowest BCUT2D eigenvalue weighted by molar-refractivity contribution is -0.447. The molecule has 38 heavy (non-hydrogen) atoms. The van der Waals surface area contributed by atoms with Crippen molar-refractivity contribution in [3.05, 3.63) is 40.1 Å². The number of hydrogen-bond donors (Lipinski definition) is 5. The SMILES string of the molecule is CNCC(c1cc2c(cc1C(F)F)[N+](=C(N)C1=C(NC3CCNCC3)CCN(C(C)=O)C1)CCC2)C(C)N. The average molecular weight is 533 g/mol. The van der Waals surface area contributed by atoms with E-state index in [4.69, 9.17) is 11.5 Å². The van der Waals surface area contributed by atoms with Crippen LogP contribution in [0.4, 0.5) is 14.5 Å². The number of benzene rings is 1. The number of likely N-dealkylation sites (N-methyl/N-ethyl adjacent to an activating group) is 1. The molecule has 1 fully saturated rings. The Kier molecular flexibility index (Phi) is 9.38. The summed E-state index contributed by atoms with van der Waals surface area (Å²) < 4.78 is 30.8. The second kappa shape index (κ2) is 12.5. The van der Waals surface area contributed by atoms with Crippen LogP contribution in [0.15, 0.2) is 23.4 Å². The molecule has 0 spiro atoms. The Morgan fingerprint density at radius 1 is 1.24 bits per heavy atom. The lowest BCUT2D eigenvalue weighted by Crippen LogP contribution is -2.46. The third kappa shape index (κ3) is 6.18. The van der Waals surface area contributed by atoms with Gasteiger partial charge in [-0.05, 0) is 69.9 Å². The van der Waals surface area contributed by atoms with Gasteiger partial charge in [0.15, 0.2) is 0 Å². The minimum Gasteiger partial charge on any atom is -0.385 e. The van der Waals surface area contributed by atoms with E-state index in [1.165, 1.54) is 0 Å². The highest BCUT2D eigenvalue weighted by atomic mass is 19.3. The number of amidine groups is 1. The standard InChI is InChI=1S/C28H43F2N7O/c1-17(31)23(15-33-3)21-13-19-5-4-11-37(26(19)14-22(21)27(29)30)28(32)24-16-36(18(2)38)12-8-25(24)35-20-6-9-34-10-7-20/h13-14,17,20,23,27,33-34H,4-12,15-16,31H2,1-3H3,(H2,32,35)/p+1. The van der Waals surface area contributed by atoms with Gasteiger partial charge in [-0.25, -0.2) is 13.4 Å². The molecule has 0 aromatic heterocycles. The summed E-state index contributed by atoms with van der Waals surface area (Å²) in [6.07, 6.45) is 1.76. The Morgan fingerprint density at radius 3 is 2.61 bits per heavy atom. The summed E-state index contributed by atoms with van der Waals surface area (Å²) in [5.41, 5.74) is 17.4. The van der Waals surface area contributed by atoms with Crippen molar-refractivity contribution in [2.75, 3.05) is 46.3 Å². The van der Waals surface area contributed by atoms with E-state index in [-0.39, 0.29) is 23.4 Å². The van der Waals surface area contributed by atoms with Crippen LogP contribution in [0.5, 0.6) is 0 Å². The molecule has 210 valence electrons. The zero-order valence-corrected chi connectivity index (χ0v) is 23.0. The van der Waals surface area contributed by atoms with E-state index in [1.807, 2.05) is 24.6 Å². The topological polar surface area (TPSA) is 111 Å². The molecular weight excluding hydrogens is 488 g/mol. The van der Waals surface area contributed by atoms with Crippen molar-refractivity contribution in [1.82, 2.24) is 20.9 Å². The summed E-state index contributed by atoms with van der Waals surface area (Å²) >= 11 is 0. The van der Waals surface area contributed by atoms with Crippen LogP contribution in [0.2, 0.25) is 0 Å². The Bertz CT molecular complexity index is 1080. The van der Waals surface area contributed by atoms with Crippen molar-refractivity contribution in [3.8, 4) is 0 Å². The number of nitrogens with zero attached hydrogens (tertiary/aromatic N) is 2. The number of carbonyl (C=O) groups is 1. The quantitative estimate of drug-likeness (QED) is 0.259. The number of hydrogen-bond acceptors (Lipinski definition) is 5. The molecule has 3 heterocycles. The van der Waals surface area contributed by atoms with Crippen LogP contribution in [-0.4, -0.2) is 79.6 Å². The molecule has 8 nitrogen and oxygen atoms in total. The molecule has 2 unspecified atom stereocenters. The third-order valence-corrected chi connectivity index (χ3v) is 8.20. The molecule has 1 aromatic rings. The van der Waals surface area contributed by atoms with E-state index >= 15 is 0 Å². The summed E-state index contributed by atoms with van der Waals surface area (Å²) in [5.74, 6) is 0.323. The van der Waals surface area contributed by atoms with E-state index in [2.05, 4.69) is 16.0 Å². The number of alkyl halides is 2. The number of nitrogens with one attached hydrogen (secondary N) is 3. The zero-order chi connectivity index (χ0) is 27.4. The van der Waals surface area contributed by atoms with Gasteiger partial charge in [0.05, 0.1) is 18.7 Å². The second-order valence-corrected chi connectivity index (χ2v) is 10.9. The molecule has 0 saturated carbocycles. The summed E-state index contributed by atoms with van der Waals surface area (Å²) in [7, 11) is 1.81. The summed E-state index contributed by atoms with van der Waals surface area (Å²) in [4.78, 5) is 14.1. The van der Waals surface area contributed by atoms with Gasteiger partial charge in [-0.1, -0.05) is 6.07 Å². The number of rotatable bonds is 8. The van der Waals surface area contributed by atoms with Gasteiger partial charge >= 0.3 is 0 Å². The van der Waals surface area contributed by atoms with Crippen LogP contribution < -0.4 is 27.4 Å². The molecule has 1 saturated heterocycles. The highest BCUT2D eigenvalue weighted by Crippen LogP contribution is 2.38. The first-order valence-corrected chi connectivity index (χ1v) is 13.9. The number of aryl methyl sites for hydroxylation is 1. The number of piperidine rings is 1. The van der Waals surface area contributed by atoms with Gasteiger partial charge in [-0.3, -0.25) is 10.5 Å². The zero-order valence-electron chi connectivity index (χ0n) is 23.0. The minimum absolute atomic E-state index is 0.00590. The monoisotopic (exact) mass is 532 g/mol. The van der Waals surface area contributed by atoms with Crippen molar-refractivity contribution in [2.45, 2.75) is 70.4 Å². The summed E-state index contributed by atoms with van der Waals surface area (Å²) in [6, 6.07) is 3.62. The minimum atomic E-state index is -2.63. The van der Waals surface area contributed by atoms with Crippen molar-refractivity contribution < 1.29 is 18.2 Å². The van der Waals surface area contributed by atoms with Crippen LogP contribution in [0, 0.1) is 0 Å². The predicted molar refractivity (Wildman–Crippen MR) is 147 cm³/mol. The maximum absolute atomic E-state index is 14.4. The fourth-order valence-electron chi connectivity index (χ4n) is 6.03. The molecule has 0 radical (unpaired) electrons. The second-order valence-electron chi connectivity index (χ2n) is 10.9. The van der Waals surface area contributed by atoms with E-state index in [0.29, 0.717) is 50.0 Å². The molecule has 7 N–H and O–H groups in total. The van der Waals surface area contributed by atoms with Gasteiger partial charge in [0, 0.05) is 55.7 Å². The third-order valence-electron chi connectivity index (χ3n) is 8.20. The fourth-order valence-corrected chi connectivity index (χ4v) is 6.03. The maximum atomic E-state index is 14.4. The molecule has 10 heteroatoms. The number of fused-ring (bicyclic) bond motifs is 1. The highest BCUT2D eigenvalue weighted by molar-refractivity contribution is 5.96. The van der Waals surface area contributed by atoms with Crippen LogP contribution in [0.1, 0.15) is 68.6 Å². The van der Waals surface area contributed by atoms with Gasteiger partial charge < -0.3 is 26.6 Å². The van der Waals surface area contributed by atoms with E-state index in [1.54, 1.807) is 17.9 Å². The van der Waals surface area contributed by atoms with Gasteiger partial charge in [-0.2, -0.15) is 0 Å². The van der Waals surface area contributed by atoms with Gasteiger partial charge in [0.2, 0.25) is 5.91 Å².